The first-order chi connectivity index (χ1) is 16.4. The van der Waals surface area contributed by atoms with Gasteiger partial charge in [0.1, 0.15) is 17.7 Å². The van der Waals surface area contributed by atoms with E-state index in [-0.39, 0.29) is 5.91 Å². The van der Waals surface area contributed by atoms with E-state index in [1.165, 1.54) is 5.48 Å². The van der Waals surface area contributed by atoms with Gasteiger partial charge in [0.25, 0.3) is 5.91 Å². The maximum atomic E-state index is 13.3. The lowest BCUT2D eigenvalue weighted by molar-refractivity contribution is -0.151. The van der Waals surface area contributed by atoms with Gasteiger partial charge in [0.2, 0.25) is 5.91 Å². The van der Waals surface area contributed by atoms with Crippen LogP contribution in [0.4, 0.5) is 5.82 Å². The van der Waals surface area contributed by atoms with Crippen molar-refractivity contribution in [3.8, 4) is 5.75 Å². The van der Waals surface area contributed by atoms with Crippen molar-refractivity contribution in [2.45, 2.75) is 39.2 Å². The van der Waals surface area contributed by atoms with Crippen LogP contribution in [0.5, 0.6) is 5.75 Å². The Balaban J connectivity index is 1.59. The van der Waals surface area contributed by atoms with Gasteiger partial charge in [-0.25, -0.2) is 10.5 Å². The Morgan fingerprint density at radius 1 is 1.12 bits per heavy atom. The summed E-state index contributed by atoms with van der Waals surface area (Å²) in [6, 6.07) is 11.7. The molecule has 1 unspecified atom stereocenters. The van der Waals surface area contributed by atoms with Crippen molar-refractivity contribution in [2.24, 2.45) is 5.92 Å². The number of piperazine rings is 1. The van der Waals surface area contributed by atoms with E-state index < -0.39 is 17.9 Å². The van der Waals surface area contributed by atoms with Crippen LogP contribution in [0.15, 0.2) is 42.6 Å². The Hall–Kier alpha value is -3.17. The lowest BCUT2D eigenvalue weighted by Crippen LogP contribution is -2.53. The molecule has 1 aliphatic heterocycles. The standard InChI is InChI=1S/C25H34N4O5/c1-3-34-20-10-8-19(9-11-20)5-4-6-21(23(30)24(31)27-33)25(32)29-15-13-28(14-16-29)22-12-7-18(2)17-26-22/h7-12,17,21,23,30,33H,3-6,13-16H2,1-2H3,(H,27,31)/t21?,23-/m0/s1. The Morgan fingerprint density at radius 2 is 1.82 bits per heavy atom. The number of nitrogens with zero attached hydrogens (tertiary/aromatic N) is 3. The zero-order chi connectivity index (χ0) is 24.5. The predicted octanol–water partition coefficient (Wildman–Crippen LogP) is 1.94. The fraction of sp³-hybridized carbons (Fsp3) is 0.480. The van der Waals surface area contributed by atoms with Gasteiger partial charge in [-0.15, -0.1) is 0 Å². The van der Waals surface area contributed by atoms with Crippen LogP contribution in [0.3, 0.4) is 0 Å². The number of carbonyl (C=O) groups excluding carboxylic acids is 2. The van der Waals surface area contributed by atoms with E-state index in [0.717, 1.165) is 22.7 Å². The van der Waals surface area contributed by atoms with Crippen LogP contribution in [-0.2, 0) is 16.0 Å². The normalized spacial score (nSPS) is 15.5. The van der Waals surface area contributed by atoms with Crippen LogP contribution < -0.4 is 15.1 Å². The maximum absolute atomic E-state index is 13.3. The molecule has 0 saturated carbocycles. The third kappa shape index (κ3) is 6.68. The number of aryl methyl sites for hydroxylation is 2. The van der Waals surface area contributed by atoms with Crippen molar-refractivity contribution < 1.29 is 24.6 Å². The average Bonchev–Trinajstić information content (AvgIpc) is 2.87. The van der Waals surface area contributed by atoms with Crippen molar-refractivity contribution in [2.75, 3.05) is 37.7 Å². The molecule has 2 aromatic rings. The van der Waals surface area contributed by atoms with Crippen LogP contribution >= 0.6 is 0 Å². The molecule has 1 aliphatic rings. The zero-order valence-electron chi connectivity index (χ0n) is 19.8. The van der Waals surface area contributed by atoms with Gasteiger partial charge in [0.15, 0.2) is 0 Å². The summed E-state index contributed by atoms with van der Waals surface area (Å²) in [6.45, 7) is 6.68. The Morgan fingerprint density at radius 3 is 2.41 bits per heavy atom. The summed E-state index contributed by atoms with van der Waals surface area (Å²) in [5.41, 5.74) is 3.64. The van der Waals surface area contributed by atoms with Crippen molar-refractivity contribution in [3.63, 3.8) is 0 Å². The van der Waals surface area contributed by atoms with E-state index in [2.05, 4.69) is 9.88 Å². The van der Waals surface area contributed by atoms with E-state index in [9.17, 15) is 14.7 Å². The van der Waals surface area contributed by atoms with Gasteiger partial charge < -0.3 is 19.6 Å². The highest BCUT2D eigenvalue weighted by Gasteiger charge is 2.35. The van der Waals surface area contributed by atoms with Gasteiger partial charge in [-0.1, -0.05) is 18.2 Å². The van der Waals surface area contributed by atoms with Gasteiger partial charge in [-0.05, 0) is 62.4 Å². The minimum Gasteiger partial charge on any atom is -0.494 e. The molecule has 2 atom stereocenters. The van der Waals surface area contributed by atoms with E-state index >= 15 is 0 Å². The van der Waals surface area contributed by atoms with Gasteiger partial charge in [0.05, 0.1) is 12.5 Å². The number of amides is 2. The second-order valence-electron chi connectivity index (χ2n) is 8.50. The van der Waals surface area contributed by atoms with E-state index in [0.29, 0.717) is 52.0 Å². The molecule has 9 heteroatoms. The Bertz CT molecular complexity index is 927. The second-order valence-corrected chi connectivity index (χ2v) is 8.50. The lowest BCUT2D eigenvalue weighted by Gasteiger charge is -2.37. The SMILES string of the molecule is CCOc1ccc(CCCC(C(=O)N2CCN(c3ccc(C)cn3)CC2)[C@H](O)C(=O)NO)cc1. The summed E-state index contributed by atoms with van der Waals surface area (Å²) in [6.07, 6.45) is 1.82. The smallest absolute Gasteiger partial charge is 0.272 e. The van der Waals surface area contributed by atoms with Crippen LogP contribution in [0.25, 0.3) is 0 Å². The molecule has 9 nitrogen and oxygen atoms in total. The minimum absolute atomic E-state index is 0.278. The molecule has 1 aromatic carbocycles. The van der Waals surface area contributed by atoms with E-state index in [4.69, 9.17) is 9.94 Å². The Labute approximate surface area is 200 Å². The number of aliphatic hydroxyl groups excluding tert-OH is 1. The highest BCUT2D eigenvalue weighted by molar-refractivity contribution is 5.88. The van der Waals surface area contributed by atoms with Gasteiger partial charge >= 0.3 is 0 Å². The molecule has 1 saturated heterocycles. The third-order valence-corrected chi connectivity index (χ3v) is 6.10. The molecule has 0 aliphatic carbocycles. The molecule has 34 heavy (non-hydrogen) atoms. The number of hydroxylamine groups is 1. The number of anilines is 1. The number of hydrogen-bond acceptors (Lipinski definition) is 7. The van der Waals surface area contributed by atoms with Crippen molar-refractivity contribution in [1.29, 1.82) is 0 Å². The molecule has 184 valence electrons. The quantitative estimate of drug-likeness (QED) is 0.359. The molecule has 0 spiro atoms. The molecule has 0 bridgehead atoms. The first-order valence-electron chi connectivity index (χ1n) is 11.7. The number of hydrogen-bond donors (Lipinski definition) is 3. The fourth-order valence-corrected chi connectivity index (χ4v) is 4.15. The third-order valence-electron chi connectivity index (χ3n) is 6.10. The first kappa shape index (κ1) is 25.5. The fourth-order valence-electron chi connectivity index (χ4n) is 4.15. The van der Waals surface area contributed by atoms with Gasteiger partial charge in [-0.3, -0.25) is 14.8 Å². The largest absolute Gasteiger partial charge is 0.494 e. The number of ether oxygens (including phenoxy) is 1. The number of pyridine rings is 1. The molecule has 2 heterocycles. The highest BCUT2D eigenvalue weighted by atomic mass is 16.5. The van der Waals surface area contributed by atoms with Crippen LogP contribution in [0.1, 0.15) is 30.9 Å². The maximum Gasteiger partial charge on any atom is 0.272 e. The van der Waals surface area contributed by atoms with Gasteiger partial charge in [-0.2, -0.15) is 0 Å². The number of aromatic nitrogens is 1. The summed E-state index contributed by atoms with van der Waals surface area (Å²) in [5, 5.41) is 19.5. The van der Waals surface area contributed by atoms with Crippen LogP contribution in [0, 0.1) is 12.8 Å². The summed E-state index contributed by atoms with van der Waals surface area (Å²) >= 11 is 0. The average molecular weight is 471 g/mol. The second kappa shape index (κ2) is 12.3. The van der Waals surface area contributed by atoms with E-state index in [1.54, 1.807) is 4.90 Å². The molecule has 2 amide bonds. The number of rotatable bonds is 10. The molecule has 3 N–H and O–H groups in total. The number of carbonyl (C=O) groups is 2. The van der Waals surface area contributed by atoms with Crippen LogP contribution in [-0.4, -0.2) is 70.9 Å². The Kier molecular flexibility index (Phi) is 9.24. The van der Waals surface area contributed by atoms with Crippen molar-refractivity contribution in [3.05, 3.63) is 53.7 Å². The molecule has 1 fully saturated rings. The predicted molar refractivity (Wildman–Crippen MR) is 128 cm³/mol. The zero-order valence-corrected chi connectivity index (χ0v) is 19.8. The van der Waals surface area contributed by atoms with Crippen LogP contribution in [0.2, 0.25) is 0 Å². The molecule has 3 rings (SSSR count). The summed E-state index contributed by atoms with van der Waals surface area (Å²) in [7, 11) is 0. The number of aliphatic hydroxyl groups is 1. The summed E-state index contributed by atoms with van der Waals surface area (Å²) < 4.78 is 5.45. The van der Waals surface area contributed by atoms with E-state index in [1.807, 2.05) is 56.4 Å². The number of benzene rings is 1. The molecule has 0 radical (unpaired) electrons. The minimum atomic E-state index is -1.62. The summed E-state index contributed by atoms with van der Waals surface area (Å²) in [5.74, 6) is -0.515. The van der Waals surface area contributed by atoms with Crippen molar-refractivity contribution in [1.82, 2.24) is 15.4 Å². The summed E-state index contributed by atoms with van der Waals surface area (Å²) in [4.78, 5) is 33.4. The highest BCUT2D eigenvalue weighted by Crippen LogP contribution is 2.21. The molecular weight excluding hydrogens is 436 g/mol. The molecular formula is C25H34N4O5. The first-order valence-corrected chi connectivity index (χ1v) is 11.7. The van der Waals surface area contributed by atoms with Crippen molar-refractivity contribution >= 4 is 17.6 Å². The lowest BCUT2D eigenvalue weighted by atomic mass is 9.92. The monoisotopic (exact) mass is 470 g/mol. The number of nitrogens with one attached hydrogen (secondary N) is 1. The topological polar surface area (TPSA) is 115 Å². The van der Waals surface area contributed by atoms with Gasteiger partial charge in [0, 0.05) is 32.4 Å². The molecule has 1 aromatic heterocycles.